The number of hydrogen-bond acceptors (Lipinski definition) is 3. The van der Waals surface area contributed by atoms with E-state index >= 15 is 0 Å². The summed E-state index contributed by atoms with van der Waals surface area (Å²) in [5.74, 6) is -0.326. The van der Waals surface area contributed by atoms with Crippen LogP contribution in [0.3, 0.4) is 0 Å². The van der Waals surface area contributed by atoms with Crippen LogP contribution in [0.15, 0.2) is 18.5 Å². The summed E-state index contributed by atoms with van der Waals surface area (Å²) in [5, 5.41) is 0. The van der Waals surface area contributed by atoms with Gasteiger partial charge in [-0.05, 0) is 6.07 Å². The summed E-state index contributed by atoms with van der Waals surface area (Å²) in [6, 6.07) is 1.66. The summed E-state index contributed by atoms with van der Waals surface area (Å²) < 4.78 is 9.57. The molecule has 0 aliphatic carbocycles. The fourth-order valence-electron chi connectivity index (χ4n) is 0.752. The lowest BCUT2D eigenvalue weighted by atomic mass is 10.3. The molecule has 0 saturated heterocycles. The van der Waals surface area contributed by atoms with Crippen molar-refractivity contribution >= 4 is 5.97 Å². The number of aromatic amines is 1. The van der Waals surface area contributed by atoms with E-state index in [1.807, 2.05) is 0 Å². The van der Waals surface area contributed by atoms with Crippen molar-refractivity contribution in [3.8, 4) is 0 Å². The summed E-state index contributed by atoms with van der Waals surface area (Å²) >= 11 is 0. The Hall–Kier alpha value is -1.29. The van der Waals surface area contributed by atoms with Gasteiger partial charge in [-0.25, -0.2) is 4.79 Å². The molecule has 0 unspecified atom stereocenters. The molecule has 4 nitrogen and oxygen atoms in total. The standard InChI is InChI=1S/C8H11NO3/c1-11-4-5-12-8(10)7-2-3-9-6-7/h2-3,6,9H,4-5H2,1H3. The molecule has 0 aliphatic heterocycles. The normalized spacial score (nSPS) is 9.75. The van der Waals surface area contributed by atoms with Gasteiger partial charge in [0, 0.05) is 19.5 Å². The van der Waals surface area contributed by atoms with Gasteiger partial charge in [-0.1, -0.05) is 0 Å². The van der Waals surface area contributed by atoms with E-state index in [1.54, 1.807) is 25.6 Å². The van der Waals surface area contributed by atoms with Gasteiger partial charge in [0.05, 0.1) is 12.2 Å². The first-order chi connectivity index (χ1) is 5.84. The van der Waals surface area contributed by atoms with Crippen LogP contribution in [0, 0.1) is 0 Å². The van der Waals surface area contributed by atoms with Crippen molar-refractivity contribution in [1.82, 2.24) is 4.98 Å². The molecule has 0 spiro atoms. The zero-order chi connectivity index (χ0) is 8.81. The van der Waals surface area contributed by atoms with Crippen molar-refractivity contribution < 1.29 is 14.3 Å². The molecule has 0 amide bonds. The van der Waals surface area contributed by atoms with E-state index in [9.17, 15) is 4.79 Å². The van der Waals surface area contributed by atoms with Crippen LogP contribution in [0.5, 0.6) is 0 Å². The van der Waals surface area contributed by atoms with Crippen LogP contribution >= 0.6 is 0 Å². The van der Waals surface area contributed by atoms with Crippen molar-refractivity contribution in [2.45, 2.75) is 0 Å². The van der Waals surface area contributed by atoms with Gasteiger partial charge in [-0.3, -0.25) is 0 Å². The Balaban J connectivity index is 2.30. The molecule has 0 saturated carbocycles. The third kappa shape index (κ3) is 2.39. The number of rotatable bonds is 4. The Bertz CT molecular complexity index is 230. The highest BCUT2D eigenvalue weighted by atomic mass is 16.6. The van der Waals surface area contributed by atoms with Gasteiger partial charge in [0.1, 0.15) is 6.61 Å². The van der Waals surface area contributed by atoms with Gasteiger partial charge in [0.15, 0.2) is 0 Å². The molecule has 0 radical (unpaired) electrons. The Kier molecular flexibility index (Phi) is 3.35. The number of hydrogen-bond donors (Lipinski definition) is 1. The number of esters is 1. The lowest BCUT2D eigenvalue weighted by Gasteiger charge is -2.00. The van der Waals surface area contributed by atoms with Crippen molar-refractivity contribution in [2.24, 2.45) is 0 Å². The molecule has 0 aromatic carbocycles. The molecular formula is C8H11NO3. The number of ether oxygens (including phenoxy) is 2. The summed E-state index contributed by atoms with van der Waals surface area (Å²) in [6.45, 7) is 0.719. The Morgan fingerprint density at radius 2 is 2.42 bits per heavy atom. The molecule has 0 fully saturated rings. The minimum atomic E-state index is -0.326. The largest absolute Gasteiger partial charge is 0.460 e. The van der Waals surface area contributed by atoms with Gasteiger partial charge in [-0.15, -0.1) is 0 Å². The number of methoxy groups -OCH3 is 1. The lowest BCUT2D eigenvalue weighted by Crippen LogP contribution is -2.08. The molecule has 0 atom stereocenters. The third-order valence-electron chi connectivity index (χ3n) is 1.35. The highest BCUT2D eigenvalue weighted by molar-refractivity contribution is 5.89. The molecule has 1 heterocycles. The van der Waals surface area contributed by atoms with Gasteiger partial charge in [0.2, 0.25) is 0 Å². The number of nitrogens with one attached hydrogen (secondary N) is 1. The summed E-state index contributed by atoms with van der Waals surface area (Å²) in [7, 11) is 1.56. The van der Waals surface area contributed by atoms with Crippen molar-refractivity contribution in [2.75, 3.05) is 20.3 Å². The Morgan fingerprint density at radius 1 is 1.58 bits per heavy atom. The van der Waals surface area contributed by atoms with Crippen LogP contribution in [0.1, 0.15) is 10.4 Å². The monoisotopic (exact) mass is 169 g/mol. The molecule has 4 heteroatoms. The number of H-pyrrole nitrogens is 1. The first kappa shape index (κ1) is 8.80. The van der Waals surface area contributed by atoms with E-state index in [-0.39, 0.29) is 5.97 Å². The Labute approximate surface area is 70.5 Å². The van der Waals surface area contributed by atoms with Gasteiger partial charge < -0.3 is 14.5 Å². The lowest BCUT2D eigenvalue weighted by molar-refractivity contribution is 0.0388. The predicted octanol–water partition coefficient (Wildman–Crippen LogP) is 0.818. The molecule has 1 aromatic heterocycles. The highest BCUT2D eigenvalue weighted by Gasteiger charge is 2.05. The maximum atomic E-state index is 11.1. The number of carbonyl (C=O) groups is 1. The topological polar surface area (TPSA) is 51.3 Å². The zero-order valence-corrected chi connectivity index (χ0v) is 6.87. The number of carbonyl (C=O) groups excluding carboxylic acids is 1. The van der Waals surface area contributed by atoms with Crippen molar-refractivity contribution in [1.29, 1.82) is 0 Å². The molecule has 66 valence electrons. The van der Waals surface area contributed by atoms with E-state index in [2.05, 4.69) is 4.98 Å². The second-order valence-electron chi connectivity index (χ2n) is 2.23. The minimum absolute atomic E-state index is 0.292. The molecule has 1 aromatic rings. The summed E-state index contributed by atoms with van der Waals surface area (Å²) in [5.41, 5.74) is 0.533. The minimum Gasteiger partial charge on any atom is -0.460 e. The first-order valence-corrected chi connectivity index (χ1v) is 3.63. The summed E-state index contributed by atoms with van der Waals surface area (Å²) in [4.78, 5) is 13.9. The molecule has 12 heavy (non-hydrogen) atoms. The second kappa shape index (κ2) is 4.56. The predicted molar refractivity (Wildman–Crippen MR) is 43.0 cm³/mol. The second-order valence-corrected chi connectivity index (χ2v) is 2.23. The zero-order valence-electron chi connectivity index (χ0n) is 6.87. The molecule has 0 bridgehead atoms. The van der Waals surface area contributed by atoms with Crippen LogP contribution in [0.4, 0.5) is 0 Å². The molecule has 1 N–H and O–H groups in total. The average Bonchev–Trinajstić information content (AvgIpc) is 2.56. The third-order valence-corrected chi connectivity index (χ3v) is 1.35. The van der Waals surface area contributed by atoms with Crippen LogP contribution in [-0.2, 0) is 9.47 Å². The van der Waals surface area contributed by atoms with Crippen LogP contribution < -0.4 is 0 Å². The van der Waals surface area contributed by atoms with E-state index in [0.29, 0.717) is 18.8 Å². The SMILES string of the molecule is COCCOC(=O)c1cc[nH]c1. The highest BCUT2D eigenvalue weighted by Crippen LogP contribution is 1.98. The van der Waals surface area contributed by atoms with Gasteiger partial charge in [-0.2, -0.15) is 0 Å². The molecule has 1 rings (SSSR count). The fourth-order valence-corrected chi connectivity index (χ4v) is 0.752. The maximum Gasteiger partial charge on any atom is 0.339 e. The van der Waals surface area contributed by atoms with E-state index < -0.39 is 0 Å². The van der Waals surface area contributed by atoms with Crippen LogP contribution in [0.25, 0.3) is 0 Å². The van der Waals surface area contributed by atoms with Crippen LogP contribution in [0.2, 0.25) is 0 Å². The quantitative estimate of drug-likeness (QED) is 0.536. The molecular weight excluding hydrogens is 158 g/mol. The van der Waals surface area contributed by atoms with Gasteiger partial charge in [0.25, 0.3) is 0 Å². The fraction of sp³-hybridized carbons (Fsp3) is 0.375. The first-order valence-electron chi connectivity index (χ1n) is 3.63. The molecule has 0 aliphatic rings. The van der Waals surface area contributed by atoms with E-state index in [0.717, 1.165) is 0 Å². The number of aromatic nitrogens is 1. The summed E-state index contributed by atoms with van der Waals surface area (Å²) in [6.07, 6.45) is 3.27. The smallest absolute Gasteiger partial charge is 0.339 e. The average molecular weight is 169 g/mol. The van der Waals surface area contributed by atoms with E-state index in [1.165, 1.54) is 0 Å². The maximum absolute atomic E-state index is 11.1. The van der Waals surface area contributed by atoms with Gasteiger partial charge >= 0.3 is 5.97 Å². The van der Waals surface area contributed by atoms with Crippen LogP contribution in [-0.4, -0.2) is 31.3 Å². The van der Waals surface area contributed by atoms with Crippen molar-refractivity contribution in [3.05, 3.63) is 24.0 Å². The van der Waals surface area contributed by atoms with Crippen molar-refractivity contribution in [3.63, 3.8) is 0 Å². The Morgan fingerprint density at radius 3 is 3.00 bits per heavy atom. The van der Waals surface area contributed by atoms with E-state index in [4.69, 9.17) is 9.47 Å².